The highest BCUT2D eigenvalue weighted by atomic mass is 35.6. The Morgan fingerprint density at radius 3 is 2.13 bits per heavy atom. The van der Waals surface area contributed by atoms with Crippen molar-refractivity contribution in [3.8, 4) is 0 Å². The number of hydrogen-bond donors (Lipinski definition) is 0. The first-order valence-corrected chi connectivity index (χ1v) is 5.33. The Labute approximate surface area is 102 Å². The number of carbonyl (C=O) groups excluding carboxylic acids is 2. The molecule has 1 fully saturated rings. The molecule has 1 saturated heterocycles. The predicted molar refractivity (Wildman–Crippen MR) is 57.4 cm³/mol. The molecule has 1 aliphatic heterocycles. The van der Waals surface area contributed by atoms with Gasteiger partial charge in [0.25, 0.3) is 0 Å². The van der Waals surface area contributed by atoms with E-state index in [9.17, 15) is 9.59 Å². The minimum atomic E-state index is -1.71. The summed E-state index contributed by atoms with van der Waals surface area (Å²) in [6.07, 6.45) is -0.647. The summed E-state index contributed by atoms with van der Waals surface area (Å²) in [5.41, 5.74) is -1.24. The quantitative estimate of drug-likeness (QED) is 0.688. The van der Waals surface area contributed by atoms with E-state index in [-0.39, 0.29) is 18.9 Å². The second-order valence-electron chi connectivity index (χ2n) is 3.77. The molecule has 0 aromatic carbocycles. The molecule has 0 radical (unpaired) electrons. The van der Waals surface area contributed by atoms with Crippen molar-refractivity contribution in [2.45, 2.75) is 23.2 Å². The number of ketones is 1. The van der Waals surface area contributed by atoms with Crippen LogP contribution in [-0.2, 0) is 9.53 Å². The number of nitrogens with zero attached hydrogens (tertiary/aromatic N) is 1. The van der Waals surface area contributed by atoms with Gasteiger partial charge >= 0.3 is 6.09 Å². The molecule has 1 heterocycles. The maximum Gasteiger partial charge on any atom is 0.411 e. The normalized spacial score (nSPS) is 17.4. The molecule has 4 nitrogen and oxygen atoms in total. The Balaban J connectivity index is 2.54. The third-order valence-electron chi connectivity index (χ3n) is 2.02. The van der Waals surface area contributed by atoms with Crippen LogP contribution in [0.2, 0.25) is 0 Å². The molecule has 15 heavy (non-hydrogen) atoms. The molecule has 7 heteroatoms. The largest absolute Gasteiger partial charge is 0.439 e. The van der Waals surface area contributed by atoms with E-state index in [1.165, 1.54) is 18.7 Å². The highest BCUT2D eigenvalue weighted by Crippen LogP contribution is 2.40. The van der Waals surface area contributed by atoms with Crippen LogP contribution in [0.25, 0.3) is 0 Å². The van der Waals surface area contributed by atoms with Crippen LogP contribution in [-0.4, -0.2) is 39.3 Å². The zero-order chi connectivity index (χ0) is 11.9. The van der Waals surface area contributed by atoms with Crippen molar-refractivity contribution in [3.05, 3.63) is 0 Å². The number of alkyl halides is 3. The second-order valence-corrected chi connectivity index (χ2v) is 6.05. The molecule has 0 N–H and O–H groups in total. The highest BCUT2D eigenvalue weighted by molar-refractivity contribution is 6.68. The van der Waals surface area contributed by atoms with Gasteiger partial charge in [-0.2, -0.15) is 0 Å². The van der Waals surface area contributed by atoms with Gasteiger partial charge in [0, 0.05) is 0 Å². The fourth-order valence-electron chi connectivity index (χ4n) is 0.849. The van der Waals surface area contributed by atoms with Gasteiger partial charge in [-0.05, 0) is 13.8 Å². The van der Waals surface area contributed by atoms with Crippen molar-refractivity contribution in [1.82, 2.24) is 4.90 Å². The lowest BCUT2D eigenvalue weighted by atomic mass is 10.2. The molecule has 1 aliphatic rings. The average molecular weight is 275 g/mol. The molecule has 0 aromatic heterocycles. The summed E-state index contributed by atoms with van der Waals surface area (Å²) in [7, 11) is 0. The van der Waals surface area contributed by atoms with Gasteiger partial charge in [-0.15, -0.1) is 0 Å². The number of Topliss-reactive ketones (excluding diaryl/α,β-unsaturated/α-hetero) is 1. The number of carbonyl (C=O) groups is 2. The standard InChI is InChI=1S/C8H10Cl3NO3/c1-7(2,8(9,10)11)15-6(14)12-3-5(13)4-12/h3-4H2,1-2H3. The van der Waals surface area contributed by atoms with E-state index in [2.05, 4.69) is 0 Å². The van der Waals surface area contributed by atoms with Crippen LogP contribution in [0.5, 0.6) is 0 Å². The monoisotopic (exact) mass is 273 g/mol. The molecule has 0 saturated carbocycles. The topological polar surface area (TPSA) is 46.6 Å². The maximum absolute atomic E-state index is 11.4. The van der Waals surface area contributed by atoms with E-state index in [0.717, 1.165) is 0 Å². The molecular formula is C8H10Cl3NO3. The SMILES string of the molecule is CC(C)(OC(=O)N1CC(=O)C1)C(Cl)(Cl)Cl. The summed E-state index contributed by atoms with van der Waals surface area (Å²) < 4.78 is 3.28. The van der Waals surface area contributed by atoms with E-state index in [1.54, 1.807) is 0 Å². The van der Waals surface area contributed by atoms with Gasteiger partial charge in [0.1, 0.15) is 0 Å². The van der Waals surface area contributed by atoms with Crippen LogP contribution >= 0.6 is 34.8 Å². The van der Waals surface area contributed by atoms with E-state index < -0.39 is 15.5 Å². The van der Waals surface area contributed by atoms with E-state index in [1.807, 2.05) is 0 Å². The molecular weight excluding hydrogens is 264 g/mol. The third-order valence-corrected chi connectivity index (χ3v) is 3.38. The van der Waals surface area contributed by atoms with Crippen molar-refractivity contribution in [3.63, 3.8) is 0 Å². The smallest absolute Gasteiger partial charge is 0.411 e. The zero-order valence-corrected chi connectivity index (χ0v) is 10.5. The fraction of sp³-hybridized carbons (Fsp3) is 0.750. The molecule has 0 unspecified atom stereocenters. The lowest BCUT2D eigenvalue weighted by Crippen LogP contribution is -2.54. The summed E-state index contributed by atoms with van der Waals surface area (Å²) in [5, 5.41) is 0. The maximum atomic E-state index is 11.4. The van der Waals surface area contributed by atoms with E-state index in [4.69, 9.17) is 39.5 Å². The van der Waals surface area contributed by atoms with Crippen LogP contribution in [0.3, 0.4) is 0 Å². The second kappa shape index (κ2) is 4.00. The van der Waals surface area contributed by atoms with Crippen molar-refractivity contribution >= 4 is 46.7 Å². The predicted octanol–water partition coefficient (Wildman–Crippen LogP) is 2.16. The van der Waals surface area contributed by atoms with E-state index >= 15 is 0 Å². The Kier molecular flexibility index (Phi) is 3.43. The summed E-state index contributed by atoms with van der Waals surface area (Å²) in [4.78, 5) is 23.3. The minimum absolute atomic E-state index is 0.0151. The molecule has 0 aliphatic carbocycles. The minimum Gasteiger partial charge on any atom is -0.439 e. The summed E-state index contributed by atoms with van der Waals surface area (Å²) in [6.45, 7) is 3.10. The summed E-state index contributed by atoms with van der Waals surface area (Å²) in [5.74, 6) is -0.0151. The highest BCUT2D eigenvalue weighted by Gasteiger charge is 2.45. The molecule has 86 valence electrons. The molecule has 0 atom stereocenters. The molecule has 0 spiro atoms. The van der Waals surface area contributed by atoms with Crippen LogP contribution in [0.15, 0.2) is 0 Å². The molecule has 1 rings (SSSR count). The van der Waals surface area contributed by atoms with Gasteiger partial charge in [0.05, 0.1) is 13.1 Å². The Morgan fingerprint density at radius 2 is 1.80 bits per heavy atom. The number of halogens is 3. The number of rotatable bonds is 1. The first-order valence-electron chi connectivity index (χ1n) is 4.20. The zero-order valence-electron chi connectivity index (χ0n) is 8.22. The molecule has 1 amide bonds. The fourth-order valence-corrected chi connectivity index (χ4v) is 0.965. The van der Waals surface area contributed by atoms with Crippen molar-refractivity contribution in [2.75, 3.05) is 13.1 Å². The Morgan fingerprint density at radius 1 is 1.33 bits per heavy atom. The number of ether oxygens (including phenoxy) is 1. The van der Waals surface area contributed by atoms with Gasteiger partial charge in [0.2, 0.25) is 3.79 Å². The molecule has 0 aromatic rings. The number of likely N-dealkylation sites (tertiary alicyclic amines) is 1. The van der Waals surface area contributed by atoms with Gasteiger partial charge in [-0.1, -0.05) is 34.8 Å². The van der Waals surface area contributed by atoms with Gasteiger partial charge in [-0.25, -0.2) is 4.79 Å². The lowest BCUT2D eigenvalue weighted by molar-refractivity contribution is -0.128. The lowest BCUT2D eigenvalue weighted by Gasteiger charge is -2.36. The van der Waals surface area contributed by atoms with Crippen LogP contribution < -0.4 is 0 Å². The van der Waals surface area contributed by atoms with Crippen LogP contribution in [0.4, 0.5) is 4.79 Å². The first-order chi connectivity index (χ1) is 6.63. The van der Waals surface area contributed by atoms with Gasteiger partial charge < -0.3 is 4.74 Å². The van der Waals surface area contributed by atoms with Gasteiger partial charge in [-0.3, -0.25) is 9.69 Å². The summed E-state index contributed by atoms with van der Waals surface area (Å²) in [6, 6.07) is 0. The Hall–Kier alpha value is -0.190. The Bertz CT molecular complexity index is 290. The van der Waals surface area contributed by atoms with Crippen LogP contribution in [0.1, 0.15) is 13.8 Å². The van der Waals surface area contributed by atoms with E-state index in [0.29, 0.717) is 0 Å². The third kappa shape index (κ3) is 2.89. The number of hydrogen-bond acceptors (Lipinski definition) is 3. The van der Waals surface area contributed by atoms with Crippen molar-refractivity contribution < 1.29 is 14.3 Å². The van der Waals surface area contributed by atoms with Crippen LogP contribution in [0, 0.1) is 0 Å². The van der Waals surface area contributed by atoms with Crippen molar-refractivity contribution in [2.24, 2.45) is 0 Å². The van der Waals surface area contributed by atoms with Crippen molar-refractivity contribution in [1.29, 1.82) is 0 Å². The molecule has 0 bridgehead atoms. The van der Waals surface area contributed by atoms with Gasteiger partial charge in [0.15, 0.2) is 11.4 Å². The number of amides is 1. The first kappa shape index (κ1) is 12.9. The average Bonchev–Trinajstić information content (AvgIpc) is 1.95. The summed E-state index contributed by atoms with van der Waals surface area (Å²) >= 11 is 16.9.